The molecule has 0 aliphatic carbocycles. The van der Waals surface area contributed by atoms with E-state index < -0.39 is 0 Å². The van der Waals surface area contributed by atoms with Crippen LogP contribution in [0.2, 0.25) is 0 Å². The Bertz CT molecular complexity index is 762. The number of hydrogen-bond acceptors (Lipinski definition) is 5. The normalized spacial score (nSPS) is 16.3. The lowest BCUT2D eigenvalue weighted by molar-refractivity contribution is 0.145. The van der Waals surface area contributed by atoms with E-state index in [0.29, 0.717) is 6.61 Å². The zero-order valence-corrected chi connectivity index (χ0v) is 14.6. The van der Waals surface area contributed by atoms with Crippen molar-refractivity contribution >= 4 is 11.9 Å². The molecule has 0 unspecified atom stereocenters. The molecule has 0 amide bonds. The number of rotatable bonds is 5. The zero-order valence-electron chi connectivity index (χ0n) is 14.6. The van der Waals surface area contributed by atoms with Crippen molar-refractivity contribution in [2.24, 2.45) is 4.99 Å². The van der Waals surface area contributed by atoms with Crippen molar-refractivity contribution in [2.75, 3.05) is 20.3 Å². The second-order valence-corrected chi connectivity index (χ2v) is 6.48. The summed E-state index contributed by atoms with van der Waals surface area (Å²) < 4.78 is 5.23. The topological polar surface area (TPSA) is 66.4 Å². The molecule has 6 heteroatoms. The monoisotopic (exact) mass is 325 g/mol. The molecule has 0 fully saturated rings. The SMILES string of the molecule is COCCN1C=C(c2ccc(-c3nnc[nH]3)cc2C)N=CC1(C)C. The summed E-state index contributed by atoms with van der Waals surface area (Å²) in [5.41, 5.74) is 4.14. The van der Waals surface area contributed by atoms with Gasteiger partial charge in [-0.15, -0.1) is 10.2 Å². The summed E-state index contributed by atoms with van der Waals surface area (Å²) in [6.07, 6.45) is 5.71. The molecular weight excluding hydrogens is 302 g/mol. The Morgan fingerprint density at radius 3 is 2.79 bits per heavy atom. The molecule has 2 heterocycles. The number of aliphatic imine (C=N–C) groups is 1. The van der Waals surface area contributed by atoms with E-state index in [1.165, 1.54) is 0 Å². The van der Waals surface area contributed by atoms with Gasteiger partial charge < -0.3 is 14.6 Å². The maximum Gasteiger partial charge on any atom is 0.161 e. The number of aromatic nitrogens is 3. The maximum atomic E-state index is 5.23. The van der Waals surface area contributed by atoms with Gasteiger partial charge >= 0.3 is 0 Å². The summed E-state index contributed by atoms with van der Waals surface area (Å²) in [5, 5.41) is 7.90. The van der Waals surface area contributed by atoms with Crippen molar-refractivity contribution in [2.45, 2.75) is 26.3 Å². The number of H-pyrrole nitrogens is 1. The number of nitrogens with zero attached hydrogens (tertiary/aromatic N) is 4. The quantitative estimate of drug-likeness (QED) is 0.918. The Morgan fingerprint density at radius 2 is 2.12 bits per heavy atom. The van der Waals surface area contributed by atoms with Crippen LogP contribution in [0.5, 0.6) is 0 Å². The predicted octanol–water partition coefficient (Wildman–Crippen LogP) is 2.89. The first-order valence-corrected chi connectivity index (χ1v) is 8.01. The Morgan fingerprint density at radius 1 is 1.29 bits per heavy atom. The molecule has 126 valence electrons. The van der Waals surface area contributed by atoms with Gasteiger partial charge in [-0.1, -0.05) is 12.1 Å². The van der Waals surface area contributed by atoms with E-state index in [4.69, 9.17) is 4.74 Å². The first-order valence-electron chi connectivity index (χ1n) is 8.01. The van der Waals surface area contributed by atoms with Gasteiger partial charge in [0.1, 0.15) is 6.33 Å². The third-order valence-corrected chi connectivity index (χ3v) is 4.27. The number of aromatic amines is 1. The van der Waals surface area contributed by atoms with Crippen LogP contribution >= 0.6 is 0 Å². The average Bonchev–Trinajstić information content (AvgIpc) is 3.08. The van der Waals surface area contributed by atoms with Crippen LogP contribution in [0.4, 0.5) is 0 Å². The largest absolute Gasteiger partial charge is 0.383 e. The van der Waals surface area contributed by atoms with Crippen LogP contribution in [-0.4, -0.2) is 52.1 Å². The van der Waals surface area contributed by atoms with E-state index in [1.54, 1.807) is 13.4 Å². The molecule has 0 atom stereocenters. The minimum absolute atomic E-state index is 0.115. The van der Waals surface area contributed by atoms with Crippen molar-refractivity contribution in [3.8, 4) is 11.4 Å². The molecule has 1 aromatic carbocycles. The molecule has 1 aromatic heterocycles. The van der Waals surface area contributed by atoms with Gasteiger partial charge in [0.25, 0.3) is 0 Å². The lowest BCUT2D eigenvalue weighted by Gasteiger charge is -2.37. The predicted molar refractivity (Wildman–Crippen MR) is 95.7 cm³/mol. The summed E-state index contributed by atoms with van der Waals surface area (Å²) in [5.74, 6) is 0.772. The highest BCUT2D eigenvalue weighted by atomic mass is 16.5. The molecule has 0 saturated carbocycles. The van der Waals surface area contributed by atoms with E-state index in [2.05, 4.69) is 64.2 Å². The molecule has 6 nitrogen and oxygen atoms in total. The third-order valence-electron chi connectivity index (χ3n) is 4.27. The number of methoxy groups -OCH3 is 1. The van der Waals surface area contributed by atoms with Gasteiger partial charge in [-0.05, 0) is 32.4 Å². The van der Waals surface area contributed by atoms with Crippen LogP contribution in [0.15, 0.2) is 35.7 Å². The molecule has 3 rings (SSSR count). The average molecular weight is 325 g/mol. The van der Waals surface area contributed by atoms with Crippen molar-refractivity contribution in [1.82, 2.24) is 20.1 Å². The molecule has 1 aliphatic rings. The van der Waals surface area contributed by atoms with Gasteiger partial charge in [-0.3, -0.25) is 4.99 Å². The van der Waals surface area contributed by atoms with Crippen LogP contribution < -0.4 is 0 Å². The Balaban J connectivity index is 1.91. The van der Waals surface area contributed by atoms with Crippen LogP contribution in [0.1, 0.15) is 25.0 Å². The standard InChI is InChI=1S/C18H23N5O/c1-13-9-14(17-20-12-21-22-17)5-6-15(13)16-10-23(7-8-24-4)18(2,3)11-19-16/h5-6,9-12H,7-8H2,1-4H3,(H,20,21,22). The second-order valence-electron chi connectivity index (χ2n) is 6.48. The van der Waals surface area contributed by atoms with Gasteiger partial charge in [-0.25, -0.2) is 0 Å². The molecular formula is C18H23N5O. The summed E-state index contributed by atoms with van der Waals surface area (Å²) in [7, 11) is 1.72. The maximum absolute atomic E-state index is 5.23. The first kappa shape index (κ1) is 16.4. The van der Waals surface area contributed by atoms with Crippen molar-refractivity contribution in [3.63, 3.8) is 0 Å². The van der Waals surface area contributed by atoms with Gasteiger partial charge in [0.05, 0.1) is 17.8 Å². The van der Waals surface area contributed by atoms with Gasteiger partial charge in [0, 0.05) is 37.2 Å². The third kappa shape index (κ3) is 3.23. The Kier molecular flexibility index (Phi) is 4.49. The summed E-state index contributed by atoms with van der Waals surface area (Å²) >= 11 is 0. The molecule has 0 saturated heterocycles. The van der Waals surface area contributed by atoms with E-state index >= 15 is 0 Å². The summed E-state index contributed by atoms with van der Waals surface area (Å²) in [6, 6.07) is 6.23. The molecule has 1 N–H and O–H groups in total. The smallest absolute Gasteiger partial charge is 0.161 e. The fourth-order valence-corrected chi connectivity index (χ4v) is 2.78. The zero-order chi connectivity index (χ0) is 17.2. The first-order chi connectivity index (χ1) is 11.5. The van der Waals surface area contributed by atoms with Gasteiger partial charge in [0.15, 0.2) is 5.82 Å². The minimum atomic E-state index is -0.115. The fourth-order valence-electron chi connectivity index (χ4n) is 2.78. The molecule has 1 aliphatic heterocycles. The number of nitrogens with one attached hydrogen (secondary N) is 1. The van der Waals surface area contributed by atoms with Crippen molar-refractivity contribution in [3.05, 3.63) is 41.9 Å². The summed E-state index contributed by atoms with van der Waals surface area (Å²) in [6.45, 7) is 7.90. The van der Waals surface area contributed by atoms with Crippen LogP contribution in [0, 0.1) is 6.92 Å². The Labute approximate surface area is 142 Å². The molecule has 2 aromatic rings. The van der Waals surface area contributed by atoms with E-state index in [-0.39, 0.29) is 5.54 Å². The minimum Gasteiger partial charge on any atom is -0.383 e. The lowest BCUT2D eigenvalue weighted by Crippen LogP contribution is -2.45. The van der Waals surface area contributed by atoms with E-state index in [1.807, 2.05) is 12.3 Å². The highest BCUT2D eigenvalue weighted by Crippen LogP contribution is 2.29. The lowest BCUT2D eigenvalue weighted by atomic mass is 9.99. The van der Waals surface area contributed by atoms with E-state index in [9.17, 15) is 0 Å². The molecule has 0 spiro atoms. The number of aryl methyl sites for hydroxylation is 1. The number of hydrogen-bond donors (Lipinski definition) is 1. The van der Waals surface area contributed by atoms with Crippen LogP contribution in [0.25, 0.3) is 17.1 Å². The second kappa shape index (κ2) is 6.57. The highest BCUT2D eigenvalue weighted by molar-refractivity contribution is 5.83. The van der Waals surface area contributed by atoms with E-state index in [0.717, 1.165) is 34.8 Å². The molecule has 0 bridgehead atoms. The molecule has 24 heavy (non-hydrogen) atoms. The highest BCUT2D eigenvalue weighted by Gasteiger charge is 2.26. The molecule has 0 radical (unpaired) electrons. The summed E-state index contributed by atoms with van der Waals surface area (Å²) in [4.78, 5) is 9.98. The number of benzene rings is 1. The van der Waals surface area contributed by atoms with Crippen molar-refractivity contribution in [1.29, 1.82) is 0 Å². The van der Waals surface area contributed by atoms with Crippen LogP contribution in [0.3, 0.4) is 0 Å². The van der Waals surface area contributed by atoms with Crippen LogP contribution in [-0.2, 0) is 4.74 Å². The van der Waals surface area contributed by atoms with Gasteiger partial charge in [-0.2, -0.15) is 0 Å². The number of ether oxygens (including phenoxy) is 1. The van der Waals surface area contributed by atoms with Crippen molar-refractivity contribution < 1.29 is 4.74 Å². The Hall–Kier alpha value is -2.47. The van der Waals surface area contributed by atoms with Gasteiger partial charge in [0.2, 0.25) is 0 Å². The fraction of sp³-hybridized carbons (Fsp3) is 0.389.